The molecule has 0 saturated heterocycles. The maximum Gasteiger partial charge on any atom is 0.416 e. The van der Waals surface area contributed by atoms with Crippen LogP contribution in [0.25, 0.3) is 6.08 Å². The molecular formula is C23H24F3NO3. The van der Waals surface area contributed by atoms with Crippen LogP contribution in [0, 0.1) is 0 Å². The number of carbonyl (C=O) groups excluding carboxylic acids is 2. The molecule has 0 saturated carbocycles. The minimum Gasteiger partial charge on any atom is -0.449 e. The Balaban J connectivity index is 1.81. The molecule has 2 aromatic rings. The third-order valence-electron chi connectivity index (χ3n) is 4.39. The Bertz CT molecular complexity index is 879. The molecule has 7 heteroatoms. The number of halogens is 3. The smallest absolute Gasteiger partial charge is 0.416 e. The van der Waals surface area contributed by atoms with Crippen molar-refractivity contribution >= 4 is 18.0 Å². The van der Waals surface area contributed by atoms with Crippen LogP contribution in [0.1, 0.15) is 37.0 Å². The zero-order valence-corrected chi connectivity index (χ0v) is 16.8. The molecule has 160 valence electrons. The van der Waals surface area contributed by atoms with E-state index in [-0.39, 0.29) is 11.6 Å². The van der Waals surface area contributed by atoms with E-state index in [9.17, 15) is 22.8 Å². The maximum absolute atomic E-state index is 12.7. The summed E-state index contributed by atoms with van der Waals surface area (Å²) in [5.74, 6) is -1.25. The average molecular weight is 419 g/mol. The fourth-order valence-electron chi connectivity index (χ4n) is 2.71. The summed E-state index contributed by atoms with van der Waals surface area (Å²) in [6.07, 6.45) is -1.75. The monoisotopic (exact) mass is 419 g/mol. The summed E-state index contributed by atoms with van der Waals surface area (Å²) in [6, 6.07) is 14.3. The third kappa shape index (κ3) is 7.73. The van der Waals surface area contributed by atoms with Crippen molar-refractivity contribution in [1.29, 1.82) is 0 Å². The zero-order valence-electron chi connectivity index (χ0n) is 16.8. The van der Waals surface area contributed by atoms with E-state index in [0.717, 1.165) is 36.6 Å². The molecule has 0 aliphatic heterocycles. The van der Waals surface area contributed by atoms with E-state index in [0.29, 0.717) is 0 Å². The van der Waals surface area contributed by atoms with Crippen LogP contribution in [-0.4, -0.2) is 24.0 Å². The first-order valence-corrected chi connectivity index (χ1v) is 9.55. The predicted octanol–water partition coefficient (Wildman–Crippen LogP) is 4.79. The number of rotatable bonds is 8. The van der Waals surface area contributed by atoms with Gasteiger partial charge in [-0.05, 0) is 56.0 Å². The Morgan fingerprint density at radius 3 is 2.43 bits per heavy atom. The van der Waals surface area contributed by atoms with Crippen LogP contribution in [-0.2, 0) is 26.9 Å². The molecule has 1 amide bonds. The van der Waals surface area contributed by atoms with Crippen molar-refractivity contribution in [2.24, 2.45) is 0 Å². The largest absolute Gasteiger partial charge is 0.449 e. The van der Waals surface area contributed by atoms with E-state index >= 15 is 0 Å². The Hall–Kier alpha value is -3.09. The van der Waals surface area contributed by atoms with Crippen molar-refractivity contribution in [3.63, 3.8) is 0 Å². The molecule has 0 heterocycles. The molecule has 0 unspecified atom stereocenters. The molecule has 0 fully saturated rings. The van der Waals surface area contributed by atoms with Crippen LogP contribution in [0.2, 0.25) is 0 Å². The van der Waals surface area contributed by atoms with Crippen molar-refractivity contribution in [3.8, 4) is 0 Å². The van der Waals surface area contributed by atoms with Crippen LogP contribution >= 0.6 is 0 Å². The molecule has 0 aliphatic carbocycles. The number of esters is 1. The average Bonchev–Trinajstić information content (AvgIpc) is 2.71. The summed E-state index contributed by atoms with van der Waals surface area (Å²) < 4.78 is 43.2. The van der Waals surface area contributed by atoms with Gasteiger partial charge in [0.15, 0.2) is 6.10 Å². The highest BCUT2D eigenvalue weighted by Crippen LogP contribution is 2.29. The lowest BCUT2D eigenvalue weighted by molar-refractivity contribution is -0.150. The van der Waals surface area contributed by atoms with E-state index in [2.05, 4.69) is 5.32 Å². The van der Waals surface area contributed by atoms with E-state index in [1.165, 1.54) is 25.1 Å². The van der Waals surface area contributed by atoms with E-state index in [4.69, 9.17) is 4.74 Å². The van der Waals surface area contributed by atoms with Crippen LogP contribution in [0.3, 0.4) is 0 Å². The lowest BCUT2D eigenvalue weighted by atomic mass is 10.1. The van der Waals surface area contributed by atoms with Gasteiger partial charge in [0.1, 0.15) is 0 Å². The lowest BCUT2D eigenvalue weighted by Gasteiger charge is -2.17. The standard InChI is InChI=1S/C23H24F3NO3/c1-16(11-12-18-7-4-3-5-8-18)27-22(29)17(2)30-21(28)14-13-19-9-6-10-20(15-19)23(24,25)26/h3-10,13-17H,11-12H2,1-2H3,(H,27,29)/b14-13+/t16-,17-/m1/s1. The molecule has 1 N–H and O–H groups in total. The first-order chi connectivity index (χ1) is 14.1. The normalized spacial score (nSPS) is 13.6. The number of alkyl halides is 3. The molecule has 2 rings (SSSR count). The number of nitrogens with one attached hydrogen (secondary N) is 1. The van der Waals surface area contributed by atoms with Gasteiger partial charge in [-0.25, -0.2) is 4.79 Å². The molecule has 0 aliphatic rings. The van der Waals surface area contributed by atoms with Crippen LogP contribution in [0.4, 0.5) is 13.2 Å². The first-order valence-electron chi connectivity index (χ1n) is 9.55. The second kappa shape index (κ2) is 10.6. The summed E-state index contributed by atoms with van der Waals surface area (Å²) >= 11 is 0. The van der Waals surface area contributed by atoms with Gasteiger partial charge in [0.2, 0.25) is 0 Å². The highest BCUT2D eigenvalue weighted by Gasteiger charge is 2.30. The van der Waals surface area contributed by atoms with Gasteiger partial charge in [-0.2, -0.15) is 13.2 Å². The number of carbonyl (C=O) groups is 2. The van der Waals surface area contributed by atoms with Gasteiger partial charge in [-0.1, -0.05) is 42.5 Å². The number of hydrogen-bond donors (Lipinski definition) is 1. The lowest BCUT2D eigenvalue weighted by Crippen LogP contribution is -2.40. The van der Waals surface area contributed by atoms with E-state index < -0.39 is 29.7 Å². The topological polar surface area (TPSA) is 55.4 Å². The van der Waals surface area contributed by atoms with Crippen molar-refractivity contribution in [2.75, 3.05) is 0 Å². The highest BCUT2D eigenvalue weighted by molar-refractivity contribution is 5.90. The SMILES string of the molecule is C[C@H](CCc1ccccc1)NC(=O)[C@@H](C)OC(=O)/C=C/c1cccc(C(F)(F)F)c1. The van der Waals surface area contributed by atoms with Gasteiger partial charge in [0.05, 0.1) is 5.56 Å². The summed E-state index contributed by atoms with van der Waals surface area (Å²) in [4.78, 5) is 24.1. The second-order valence-electron chi connectivity index (χ2n) is 6.97. The first kappa shape index (κ1) is 23.2. The van der Waals surface area contributed by atoms with E-state index in [1.807, 2.05) is 37.3 Å². The molecule has 0 spiro atoms. The Kier molecular flexibility index (Phi) is 8.21. The highest BCUT2D eigenvalue weighted by atomic mass is 19.4. The van der Waals surface area contributed by atoms with Gasteiger partial charge >= 0.3 is 12.1 Å². The fourth-order valence-corrected chi connectivity index (χ4v) is 2.71. The number of aryl methyl sites for hydroxylation is 1. The molecular weight excluding hydrogens is 395 g/mol. The molecule has 0 aromatic heterocycles. The minimum atomic E-state index is -4.46. The summed E-state index contributed by atoms with van der Waals surface area (Å²) in [5.41, 5.74) is 0.557. The molecule has 30 heavy (non-hydrogen) atoms. The molecule has 2 atom stereocenters. The van der Waals surface area contributed by atoms with Crippen LogP contribution in [0.15, 0.2) is 60.7 Å². The van der Waals surface area contributed by atoms with Gasteiger partial charge in [0.25, 0.3) is 5.91 Å². The van der Waals surface area contributed by atoms with Crippen molar-refractivity contribution < 1.29 is 27.5 Å². The van der Waals surface area contributed by atoms with Crippen molar-refractivity contribution in [3.05, 3.63) is 77.4 Å². The number of hydrogen-bond acceptors (Lipinski definition) is 3. The summed E-state index contributed by atoms with van der Waals surface area (Å²) in [7, 11) is 0. The number of amides is 1. The fraction of sp³-hybridized carbons (Fsp3) is 0.304. The van der Waals surface area contributed by atoms with Crippen molar-refractivity contribution in [1.82, 2.24) is 5.32 Å². The quantitative estimate of drug-likeness (QED) is 0.495. The minimum absolute atomic E-state index is 0.112. The van der Waals surface area contributed by atoms with E-state index in [1.54, 1.807) is 0 Å². The summed E-state index contributed by atoms with van der Waals surface area (Å²) in [6.45, 7) is 3.30. The van der Waals surface area contributed by atoms with Gasteiger partial charge in [-0.15, -0.1) is 0 Å². The predicted molar refractivity (Wildman–Crippen MR) is 108 cm³/mol. The molecule has 4 nitrogen and oxygen atoms in total. The van der Waals surface area contributed by atoms with Crippen LogP contribution < -0.4 is 5.32 Å². The molecule has 0 radical (unpaired) electrons. The van der Waals surface area contributed by atoms with Gasteiger partial charge in [0, 0.05) is 12.1 Å². The van der Waals surface area contributed by atoms with Gasteiger partial charge in [-0.3, -0.25) is 4.79 Å². The second-order valence-corrected chi connectivity index (χ2v) is 6.97. The number of ether oxygens (including phenoxy) is 1. The molecule has 0 bridgehead atoms. The maximum atomic E-state index is 12.7. The van der Waals surface area contributed by atoms with Crippen molar-refractivity contribution in [2.45, 2.75) is 45.0 Å². The Morgan fingerprint density at radius 2 is 1.77 bits per heavy atom. The zero-order chi connectivity index (χ0) is 22.1. The van der Waals surface area contributed by atoms with Crippen LogP contribution in [0.5, 0.6) is 0 Å². The summed E-state index contributed by atoms with van der Waals surface area (Å²) in [5, 5.41) is 2.79. The molecule has 2 aromatic carbocycles. The number of benzene rings is 2. The van der Waals surface area contributed by atoms with Gasteiger partial charge < -0.3 is 10.1 Å². The third-order valence-corrected chi connectivity index (χ3v) is 4.39. The Labute approximate surface area is 173 Å². The Morgan fingerprint density at radius 1 is 1.07 bits per heavy atom.